The van der Waals surface area contributed by atoms with Crippen LogP contribution in [-0.4, -0.2) is 43.4 Å². The predicted molar refractivity (Wildman–Crippen MR) is 69.9 cm³/mol. The number of unbranched alkanes of at least 4 members (excludes halogenated alkanes) is 2. The molecule has 0 N–H and O–H groups in total. The first kappa shape index (κ1) is 15.7. The van der Waals surface area contributed by atoms with Gasteiger partial charge in [-0.1, -0.05) is 26.7 Å². The summed E-state index contributed by atoms with van der Waals surface area (Å²) in [4.78, 5) is 11.4. The van der Waals surface area contributed by atoms with Crippen LogP contribution in [-0.2, 0) is 19.0 Å². The predicted octanol–water partition coefficient (Wildman–Crippen LogP) is 2.52. The molecule has 0 aromatic heterocycles. The highest BCUT2D eigenvalue weighted by Gasteiger charge is 2.44. The number of alkyl halides is 1. The minimum absolute atomic E-state index is 0.367. The molecule has 0 aliphatic carbocycles. The Bertz CT molecular complexity index is 247. The lowest BCUT2D eigenvalue weighted by molar-refractivity contribution is -0.144. The first-order chi connectivity index (χ1) is 8.70. The van der Waals surface area contributed by atoms with Gasteiger partial charge in [0.1, 0.15) is 6.10 Å². The molecular weight excluding hydrogens is 256 g/mol. The number of ether oxygens (including phenoxy) is 3. The Hall–Kier alpha value is -0.320. The van der Waals surface area contributed by atoms with E-state index in [1.54, 1.807) is 0 Å². The van der Waals surface area contributed by atoms with Gasteiger partial charge in [0.05, 0.1) is 6.61 Å². The van der Waals surface area contributed by atoms with Crippen LogP contribution < -0.4 is 0 Å². The normalized spacial score (nSPS) is 27.5. The first-order valence-corrected chi connectivity index (χ1v) is 7.18. The topological polar surface area (TPSA) is 44.8 Å². The van der Waals surface area contributed by atoms with E-state index in [0.717, 1.165) is 25.7 Å². The molecule has 18 heavy (non-hydrogen) atoms. The summed E-state index contributed by atoms with van der Waals surface area (Å²) >= 11 is 5.99. The molecule has 106 valence electrons. The average molecular weight is 279 g/mol. The Kier molecular flexibility index (Phi) is 7.63. The Labute approximate surface area is 114 Å². The highest BCUT2D eigenvalue weighted by atomic mass is 35.5. The minimum atomic E-state index is -0.707. The van der Waals surface area contributed by atoms with Crippen LogP contribution in [0.4, 0.5) is 0 Å². The molecule has 1 aliphatic heterocycles. The summed E-state index contributed by atoms with van der Waals surface area (Å²) in [5.41, 5.74) is 0. The molecule has 0 radical (unpaired) electrons. The van der Waals surface area contributed by atoms with Gasteiger partial charge in [-0.15, -0.1) is 11.6 Å². The molecule has 0 saturated carbocycles. The summed E-state index contributed by atoms with van der Waals surface area (Å²) in [7, 11) is 0. The molecule has 1 heterocycles. The van der Waals surface area contributed by atoms with Gasteiger partial charge in [0, 0.05) is 13.2 Å². The Morgan fingerprint density at radius 3 is 2.56 bits per heavy atom. The molecule has 1 rings (SSSR count). The second-order valence-electron chi connectivity index (χ2n) is 4.49. The van der Waals surface area contributed by atoms with Crippen molar-refractivity contribution in [2.24, 2.45) is 0 Å². The molecule has 0 spiro atoms. The Morgan fingerprint density at radius 1 is 1.22 bits per heavy atom. The number of esters is 1. The number of hydrogen-bond donors (Lipinski definition) is 0. The molecule has 1 saturated heterocycles. The van der Waals surface area contributed by atoms with Crippen LogP contribution in [0.3, 0.4) is 0 Å². The van der Waals surface area contributed by atoms with E-state index in [0.29, 0.717) is 19.8 Å². The molecule has 1 aliphatic rings. The zero-order valence-electron chi connectivity index (χ0n) is 11.2. The Balaban J connectivity index is 2.35. The fourth-order valence-corrected chi connectivity index (χ4v) is 2.02. The van der Waals surface area contributed by atoms with Crippen molar-refractivity contribution in [3.8, 4) is 0 Å². The third kappa shape index (κ3) is 4.75. The van der Waals surface area contributed by atoms with Crippen molar-refractivity contribution in [3.05, 3.63) is 0 Å². The zero-order valence-corrected chi connectivity index (χ0v) is 11.9. The second-order valence-corrected chi connectivity index (χ2v) is 4.96. The molecule has 0 bridgehead atoms. The van der Waals surface area contributed by atoms with E-state index in [4.69, 9.17) is 25.8 Å². The molecule has 0 unspecified atom stereocenters. The van der Waals surface area contributed by atoms with Crippen LogP contribution in [0.25, 0.3) is 0 Å². The lowest BCUT2D eigenvalue weighted by Crippen LogP contribution is -2.34. The molecule has 3 atom stereocenters. The van der Waals surface area contributed by atoms with Gasteiger partial charge in [0.2, 0.25) is 0 Å². The molecule has 4 nitrogen and oxygen atoms in total. The quantitative estimate of drug-likeness (QED) is 0.369. The van der Waals surface area contributed by atoms with Crippen LogP contribution >= 0.6 is 11.6 Å². The van der Waals surface area contributed by atoms with Crippen molar-refractivity contribution >= 4 is 17.6 Å². The van der Waals surface area contributed by atoms with Crippen LogP contribution in [0.2, 0.25) is 0 Å². The van der Waals surface area contributed by atoms with Gasteiger partial charge in [0.15, 0.2) is 11.5 Å². The van der Waals surface area contributed by atoms with Gasteiger partial charge in [-0.3, -0.25) is 4.79 Å². The molecule has 0 aromatic rings. The number of carbonyl (C=O) groups is 1. The molecule has 5 heteroatoms. The molecule has 1 fully saturated rings. The summed E-state index contributed by atoms with van der Waals surface area (Å²) < 4.78 is 16.3. The van der Waals surface area contributed by atoms with Crippen LogP contribution in [0.1, 0.15) is 39.5 Å². The highest BCUT2D eigenvalue weighted by Crippen LogP contribution is 2.24. The maximum Gasteiger partial charge on any atom is 0.327 e. The highest BCUT2D eigenvalue weighted by molar-refractivity contribution is 6.31. The van der Waals surface area contributed by atoms with Gasteiger partial charge in [-0.05, 0) is 12.8 Å². The number of cyclic esters (lactones) is 1. The van der Waals surface area contributed by atoms with Crippen LogP contribution in [0, 0.1) is 0 Å². The number of rotatable bonds is 9. The third-order valence-corrected chi connectivity index (χ3v) is 3.31. The summed E-state index contributed by atoms with van der Waals surface area (Å²) in [6.07, 6.45) is 3.34. The van der Waals surface area contributed by atoms with Gasteiger partial charge in [-0.25, -0.2) is 0 Å². The van der Waals surface area contributed by atoms with Crippen LogP contribution in [0.5, 0.6) is 0 Å². The van der Waals surface area contributed by atoms with E-state index >= 15 is 0 Å². The second kappa shape index (κ2) is 8.73. The number of halogens is 1. The fourth-order valence-electron chi connectivity index (χ4n) is 1.73. The van der Waals surface area contributed by atoms with Gasteiger partial charge in [-0.2, -0.15) is 0 Å². The number of carbonyl (C=O) groups excluding carboxylic acids is 1. The van der Waals surface area contributed by atoms with E-state index in [9.17, 15) is 4.79 Å². The lowest BCUT2D eigenvalue weighted by Gasteiger charge is -2.19. The third-order valence-electron chi connectivity index (χ3n) is 2.88. The van der Waals surface area contributed by atoms with E-state index in [-0.39, 0.29) is 12.2 Å². The standard InChI is InChI=1S/C13H23ClO4/c1-3-5-7-16-9-10-12(17-8-6-4-2)11(14)13(15)18-10/h10-12H,3-9H2,1-2H3/t10-,11+,12+/m1/s1. The van der Waals surface area contributed by atoms with E-state index in [1.165, 1.54) is 0 Å². The van der Waals surface area contributed by atoms with E-state index in [2.05, 4.69) is 13.8 Å². The van der Waals surface area contributed by atoms with Crippen molar-refractivity contribution < 1.29 is 19.0 Å². The van der Waals surface area contributed by atoms with Crippen LogP contribution in [0.15, 0.2) is 0 Å². The minimum Gasteiger partial charge on any atom is -0.456 e. The van der Waals surface area contributed by atoms with Crippen molar-refractivity contribution in [2.45, 2.75) is 57.1 Å². The largest absolute Gasteiger partial charge is 0.456 e. The number of hydrogen-bond acceptors (Lipinski definition) is 4. The first-order valence-electron chi connectivity index (χ1n) is 6.74. The summed E-state index contributed by atoms with van der Waals surface area (Å²) in [6, 6.07) is 0. The Morgan fingerprint density at radius 2 is 1.89 bits per heavy atom. The fraction of sp³-hybridized carbons (Fsp3) is 0.923. The maximum atomic E-state index is 11.4. The SMILES string of the molecule is CCCCOC[C@H]1OC(=O)[C@@H](Cl)[C@H]1OCCCC. The van der Waals surface area contributed by atoms with Crippen molar-refractivity contribution in [2.75, 3.05) is 19.8 Å². The lowest BCUT2D eigenvalue weighted by atomic mass is 10.2. The summed E-state index contributed by atoms with van der Waals surface area (Å²) in [5, 5.41) is -0.707. The summed E-state index contributed by atoms with van der Waals surface area (Å²) in [5.74, 6) is -0.401. The molecule has 0 amide bonds. The van der Waals surface area contributed by atoms with E-state index < -0.39 is 11.3 Å². The smallest absolute Gasteiger partial charge is 0.327 e. The average Bonchev–Trinajstić information content (AvgIpc) is 2.63. The maximum absolute atomic E-state index is 11.4. The summed E-state index contributed by atoms with van der Waals surface area (Å²) in [6.45, 7) is 5.84. The monoisotopic (exact) mass is 278 g/mol. The van der Waals surface area contributed by atoms with Gasteiger partial charge >= 0.3 is 5.97 Å². The molecular formula is C13H23ClO4. The van der Waals surface area contributed by atoms with Crippen molar-refractivity contribution in [1.29, 1.82) is 0 Å². The van der Waals surface area contributed by atoms with Crippen molar-refractivity contribution in [3.63, 3.8) is 0 Å². The van der Waals surface area contributed by atoms with Gasteiger partial charge < -0.3 is 14.2 Å². The zero-order chi connectivity index (χ0) is 13.4. The van der Waals surface area contributed by atoms with Crippen molar-refractivity contribution in [1.82, 2.24) is 0 Å². The molecule has 0 aromatic carbocycles. The van der Waals surface area contributed by atoms with Gasteiger partial charge in [0.25, 0.3) is 0 Å². The van der Waals surface area contributed by atoms with E-state index in [1.807, 2.05) is 0 Å².